The van der Waals surface area contributed by atoms with Crippen LogP contribution in [0.1, 0.15) is 17.5 Å². The van der Waals surface area contributed by atoms with Crippen LogP contribution in [0.3, 0.4) is 0 Å². The number of hydrogen-bond acceptors (Lipinski definition) is 5. The minimum Gasteiger partial charge on any atom is -0.497 e. The number of hydrogen-bond donors (Lipinski definition) is 0. The molecule has 0 unspecified atom stereocenters. The molecule has 0 bridgehead atoms. The van der Waals surface area contributed by atoms with Crippen molar-refractivity contribution in [2.45, 2.75) is 26.1 Å². The van der Waals surface area contributed by atoms with Crippen molar-refractivity contribution in [2.24, 2.45) is 14.1 Å². The van der Waals surface area contributed by atoms with E-state index >= 15 is 4.79 Å². The zero-order valence-corrected chi connectivity index (χ0v) is 31.8. The van der Waals surface area contributed by atoms with Gasteiger partial charge in [0, 0.05) is 68.3 Å². The lowest BCUT2D eigenvalue weighted by Crippen LogP contribution is -2.48. The van der Waals surface area contributed by atoms with E-state index in [1.54, 1.807) is 25.3 Å². The molecule has 11 nitrogen and oxygen atoms in total. The fourth-order valence-electron chi connectivity index (χ4n) is 8.60. The molecular formula is C45H41N8O3+. The number of amides is 2. The molecule has 0 fully saturated rings. The van der Waals surface area contributed by atoms with Crippen LogP contribution in [0, 0.1) is 11.3 Å². The number of nitrogens with zero attached hydrogens (tertiary/aromatic N) is 8. The van der Waals surface area contributed by atoms with Crippen molar-refractivity contribution in [3.05, 3.63) is 145 Å². The van der Waals surface area contributed by atoms with Crippen LogP contribution in [0.4, 0.5) is 16.2 Å². The summed E-state index contributed by atoms with van der Waals surface area (Å²) in [5.74, 6) is 1.19. The van der Waals surface area contributed by atoms with E-state index in [1.807, 2.05) is 81.2 Å². The van der Waals surface area contributed by atoms with Gasteiger partial charge in [0.05, 0.1) is 66.9 Å². The number of carbonyl (C=O) groups is 1. The Labute approximate surface area is 324 Å². The van der Waals surface area contributed by atoms with Crippen molar-refractivity contribution in [1.82, 2.24) is 32.6 Å². The molecule has 0 atom stereocenters. The Morgan fingerprint density at radius 3 is 2.02 bits per heavy atom. The zero-order valence-electron chi connectivity index (χ0n) is 31.8. The van der Waals surface area contributed by atoms with Crippen LogP contribution in [-0.4, -0.2) is 48.4 Å². The third-order valence-electron chi connectivity index (χ3n) is 11.2. The first-order valence-corrected chi connectivity index (χ1v) is 18.6. The van der Waals surface area contributed by atoms with Crippen LogP contribution in [0.15, 0.2) is 134 Å². The van der Waals surface area contributed by atoms with E-state index < -0.39 is 0 Å². The van der Waals surface area contributed by atoms with Crippen molar-refractivity contribution >= 4 is 55.8 Å². The van der Waals surface area contributed by atoms with Crippen LogP contribution >= 0.6 is 0 Å². The predicted molar refractivity (Wildman–Crippen MR) is 219 cm³/mol. The molecule has 0 radical (unpaired) electrons. The number of urea groups is 1. The molecule has 1 aliphatic heterocycles. The summed E-state index contributed by atoms with van der Waals surface area (Å²) in [6.45, 7) is 1.62. The van der Waals surface area contributed by atoms with Crippen LogP contribution in [0.25, 0.3) is 38.4 Å². The number of fused-ring (bicyclic) bond motifs is 3. The van der Waals surface area contributed by atoms with Gasteiger partial charge in [0.25, 0.3) is 0 Å². The van der Waals surface area contributed by atoms with Gasteiger partial charge in [0.2, 0.25) is 0 Å². The van der Waals surface area contributed by atoms with Gasteiger partial charge in [-0.05, 0) is 48.9 Å². The van der Waals surface area contributed by atoms with Gasteiger partial charge in [-0.2, -0.15) is 5.26 Å². The summed E-state index contributed by atoms with van der Waals surface area (Å²) in [7, 11) is 7.22. The summed E-state index contributed by atoms with van der Waals surface area (Å²) in [4.78, 5) is 22.1. The molecule has 9 rings (SSSR count). The van der Waals surface area contributed by atoms with Crippen LogP contribution in [-0.2, 0) is 33.7 Å². The minimum atomic E-state index is -0.340. The van der Waals surface area contributed by atoms with Crippen LogP contribution < -0.4 is 14.0 Å². The molecule has 4 aromatic heterocycles. The molecule has 0 N–H and O–H groups in total. The van der Waals surface area contributed by atoms with Gasteiger partial charge < -0.3 is 27.7 Å². The summed E-state index contributed by atoms with van der Waals surface area (Å²) in [6.07, 6.45) is 12.7. The van der Waals surface area contributed by atoms with Crippen LogP contribution in [0.2, 0.25) is 0 Å². The van der Waals surface area contributed by atoms with Crippen molar-refractivity contribution in [1.29, 1.82) is 5.26 Å². The molecule has 4 aromatic carbocycles. The Kier molecular flexibility index (Phi) is 8.48. The number of aromatic nitrogens is 5. The number of allylic oxidation sites excluding steroid dienone is 1. The Morgan fingerprint density at radius 1 is 0.768 bits per heavy atom. The minimum absolute atomic E-state index is 0.0947. The molecule has 11 heteroatoms. The fourth-order valence-corrected chi connectivity index (χ4v) is 8.60. The maximum Gasteiger partial charge on any atom is 0.440 e. The van der Waals surface area contributed by atoms with E-state index in [9.17, 15) is 5.26 Å². The second-order valence-corrected chi connectivity index (χ2v) is 14.2. The molecule has 2 amide bonds. The largest absolute Gasteiger partial charge is 0.497 e. The lowest BCUT2D eigenvalue weighted by Gasteiger charge is -2.31. The van der Waals surface area contributed by atoms with E-state index in [-0.39, 0.29) is 22.8 Å². The van der Waals surface area contributed by atoms with E-state index in [4.69, 9.17) is 9.47 Å². The number of benzene rings is 4. The maximum absolute atomic E-state index is 16.3. The summed E-state index contributed by atoms with van der Waals surface area (Å²) in [5.41, 5.74) is 6.92. The lowest BCUT2D eigenvalue weighted by molar-refractivity contribution is 0.205. The normalized spacial score (nSPS) is 14.1. The first kappa shape index (κ1) is 34.7. The van der Waals surface area contributed by atoms with Gasteiger partial charge in [-0.3, -0.25) is 0 Å². The second kappa shape index (κ2) is 13.7. The first-order valence-electron chi connectivity index (χ1n) is 18.6. The third kappa shape index (κ3) is 5.21. The molecule has 0 saturated carbocycles. The average molecular weight is 742 g/mol. The summed E-state index contributed by atoms with van der Waals surface area (Å²) in [6, 6.07) is 32.5. The van der Waals surface area contributed by atoms with Gasteiger partial charge in [0.15, 0.2) is 22.8 Å². The summed E-state index contributed by atoms with van der Waals surface area (Å²) >= 11 is 0. The number of imidazole rings is 1. The first-order chi connectivity index (χ1) is 27.4. The number of quaternary nitrogens is 1. The second-order valence-electron chi connectivity index (χ2n) is 14.2. The van der Waals surface area contributed by atoms with Gasteiger partial charge in [-0.15, -0.1) is 4.48 Å². The van der Waals surface area contributed by atoms with Crippen molar-refractivity contribution in [3.8, 4) is 17.6 Å². The van der Waals surface area contributed by atoms with Gasteiger partial charge >= 0.3 is 6.03 Å². The molecule has 278 valence electrons. The number of ether oxygens (including phenoxy) is 2. The SMILES string of the molecule is COc1ccc(CN2C(=O)[N+](c3cn(C)c4ccccc34)(c3cn(C)c4ccccc34)C(c3cn(CCCn4ccnc4)c4ccccc34)=C2C#N)c(OC)c1. The van der Waals surface area contributed by atoms with Crippen molar-refractivity contribution < 1.29 is 14.3 Å². The lowest BCUT2D eigenvalue weighted by atomic mass is 10.0. The molecule has 1 aliphatic rings. The summed E-state index contributed by atoms with van der Waals surface area (Å²) < 4.78 is 19.5. The fraction of sp³-hybridized carbons (Fsp3) is 0.178. The number of carbonyl (C=O) groups excluding carboxylic acids is 1. The highest BCUT2D eigenvalue weighted by molar-refractivity contribution is 6.20. The maximum atomic E-state index is 16.3. The van der Waals surface area contributed by atoms with Crippen molar-refractivity contribution in [2.75, 3.05) is 14.2 Å². The monoisotopic (exact) mass is 741 g/mol. The number of nitriles is 1. The highest BCUT2D eigenvalue weighted by Gasteiger charge is 2.61. The highest BCUT2D eigenvalue weighted by Crippen LogP contribution is 2.56. The Balaban J connectivity index is 1.37. The van der Waals surface area contributed by atoms with E-state index in [1.165, 1.54) is 0 Å². The number of methoxy groups -OCH3 is 2. The molecular weight excluding hydrogens is 701 g/mol. The quantitative estimate of drug-likeness (QED) is 0.123. The van der Waals surface area contributed by atoms with E-state index in [0.29, 0.717) is 17.2 Å². The standard InChI is InChI=1S/C45H41N8O3/c1-48-28-41(34-13-6-8-15-37(34)48)53(42-29-49(2)38-16-9-7-14-35(38)42)44(40(25-46)52(45(53)54)26-31-18-19-32(55-3)24-43(31)56-4)36-27-51(39-17-10-5-12-33(36)39)22-11-21-50-23-20-47-30-50/h5-10,12-20,23-24,27-30H,11,21-22,26H2,1-4H3/q+1. The molecule has 56 heavy (non-hydrogen) atoms. The Bertz CT molecular complexity index is 2790. The van der Waals surface area contributed by atoms with Gasteiger partial charge in [-0.25, -0.2) is 14.7 Å². The van der Waals surface area contributed by atoms with Gasteiger partial charge in [-0.1, -0.05) is 42.5 Å². The Morgan fingerprint density at radius 2 is 1.41 bits per heavy atom. The number of aryl methyl sites for hydroxylation is 4. The molecule has 0 spiro atoms. The van der Waals surface area contributed by atoms with Crippen LogP contribution in [0.5, 0.6) is 11.5 Å². The Hall–Kier alpha value is -7.03. The topological polar surface area (TPSA) is 95.2 Å². The highest BCUT2D eigenvalue weighted by atomic mass is 16.5. The third-order valence-corrected chi connectivity index (χ3v) is 11.2. The van der Waals surface area contributed by atoms with E-state index in [2.05, 4.69) is 84.3 Å². The predicted octanol–water partition coefficient (Wildman–Crippen LogP) is 9.10. The van der Waals surface area contributed by atoms with Crippen molar-refractivity contribution in [3.63, 3.8) is 0 Å². The summed E-state index contributed by atoms with van der Waals surface area (Å²) in [5, 5.41) is 14.3. The zero-order chi connectivity index (χ0) is 38.6. The average Bonchev–Trinajstić information content (AvgIpc) is 4.06. The molecule has 0 aliphatic carbocycles. The van der Waals surface area contributed by atoms with Gasteiger partial charge in [0.1, 0.15) is 17.6 Å². The smallest absolute Gasteiger partial charge is 0.440 e. The molecule has 0 saturated heterocycles. The number of rotatable bonds is 11. The number of para-hydroxylation sites is 3. The molecule has 5 heterocycles. The molecule has 8 aromatic rings. The van der Waals surface area contributed by atoms with E-state index in [0.717, 1.165) is 74.7 Å².